The van der Waals surface area contributed by atoms with Gasteiger partial charge in [-0.25, -0.2) is 0 Å². The van der Waals surface area contributed by atoms with Gasteiger partial charge in [0.15, 0.2) is 0 Å². The molecule has 0 radical (unpaired) electrons. The quantitative estimate of drug-likeness (QED) is 0.369. The van der Waals surface area contributed by atoms with E-state index in [1.807, 2.05) is 24.3 Å². The molecule has 2 aromatic carbocycles. The van der Waals surface area contributed by atoms with E-state index in [1.165, 1.54) is 49.3 Å². The minimum atomic E-state index is 0.846. The molecule has 0 aromatic heterocycles. The molecule has 0 aliphatic heterocycles. The van der Waals surface area contributed by atoms with E-state index in [1.54, 1.807) is 0 Å². The van der Waals surface area contributed by atoms with E-state index < -0.39 is 0 Å². The largest absolute Gasteiger partial charge is 0.466 e. The Morgan fingerprint density at radius 3 is 1.29 bits per heavy atom. The number of aryl methyl sites for hydroxylation is 2. The van der Waals surface area contributed by atoms with Gasteiger partial charge in [0, 0.05) is 0 Å². The summed E-state index contributed by atoms with van der Waals surface area (Å²) in [5, 5.41) is 0. The number of hydrogen-bond acceptors (Lipinski definition) is 2. The summed E-state index contributed by atoms with van der Waals surface area (Å²) in [6.45, 7) is 7.12. The van der Waals surface area contributed by atoms with Crippen molar-refractivity contribution in [3.8, 4) is 11.5 Å². The fraction of sp³-hybridized carbons (Fsp3) is 0.273. The summed E-state index contributed by atoms with van der Waals surface area (Å²) in [6, 6.07) is 16.5. The van der Waals surface area contributed by atoms with Crippen LogP contribution in [0.4, 0.5) is 0 Å². The molecule has 2 nitrogen and oxygen atoms in total. The molecule has 2 rings (SSSR count). The first-order chi connectivity index (χ1) is 11.8. The Kier molecular flexibility index (Phi) is 7.69. The Bertz CT molecular complexity index is 554. The number of benzene rings is 2. The van der Waals surface area contributed by atoms with Crippen molar-refractivity contribution < 1.29 is 9.47 Å². The van der Waals surface area contributed by atoms with Crippen LogP contribution in [0.25, 0.3) is 0 Å². The minimum Gasteiger partial charge on any atom is -0.466 e. The lowest BCUT2D eigenvalue weighted by Gasteiger charge is -2.05. The van der Waals surface area contributed by atoms with Crippen LogP contribution in [-0.2, 0) is 12.8 Å². The summed E-state index contributed by atoms with van der Waals surface area (Å²) in [5.41, 5.74) is 2.73. The van der Waals surface area contributed by atoms with Crippen LogP contribution in [0.2, 0.25) is 0 Å². The molecule has 126 valence electrons. The van der Waals surface area contributed by atoms with Gasteiger partial charge in [-0.1, -0.05) is 50.3 Å². The topological polar surface area (TPSA) is 18.5 Å². The van der Waals surface area contributed by atoms with Gasteiger partial charge in [-0.15, -0.1) is 0 Å². The van der Waals surface area contributed by atoms with Crippen molar-refractivity contribution >= 4 is 0 Å². The minimum absolute atomic E-state index is 0.846. The fourth-order valence-corrected chi connectivity index (χ4v) is 2.67. The second-order valence-electron chi connectivity index (χ2n) is 5.77. The molecule has 24 heavy (non-hydrogen) atoms. The first kappa shape index (κ1) is 17.9. The second-order valence-corrected chi connectivity index (χ2v) is 5.77. The highest BCUT2D eigenvalue weighted by Crippen LogP contribution is 2.16. The Balaban J connectivity index is 1.59. The van der Waals surface area contributed by atoms with E-state index >= 15 is 0 Å². The van der Waals surface area contributed by atoms with E-state index in [4.69, 9.17) is 9.47 Å². The van der Waals surface area contributed by atoms with Gasteiger partial charge in [0.05, 0.1) is 12.5 Å². The van der Waals surface area contributed by atoms with Gasteiger partial charge in [0.2, 0.25) is 0 Å². The molecular weight excluding hydrogens is 296 g/mol. The molecule has 0 fully saturated rings. The first-order valence-electron chi connectivity index (χ1n) is 8.55. The summed E-state index contributed by atoms with van der Waals surface area (Å²) < 4.78 is 10.5. The highest BCUT2D eigenvalue weighted by molar-refractivity contribution is 5.28. The normalized spacial score (nSPS) is 10.2. The third-order valence-electron chi connectivity index (χ3n) is 3.97. The number of unbranched alkanes of at least 4 members (excludes halogenated alkanes) is 3. The molecule has 0 saturated carbocycles. The van der Waals surface area contributed by atoms with Crippen LogP contribution >= 0.6 is 0 Å². The maximum absolute atomic E-state index is 5.23. The Morgan fingerprint density at radius 1 is 0.583 bits per heavy atom. The van der Waals surface area contributed by atoms with Crippen molar-refractivity contribution in [3.05, 3.63) is 85.3 Å². The summed E-state index contributed by atoms with van der Waals surface area (Å²) >= 11 is 0. The summed E-state index contributed by atoms with van der Waals surface area (Å²) in [5.74, 6) is 1.69. The van der Waals surface area contributed by atoms with Gasteiger partial charge in [0.1, 0.15) is 11.5 Å². The van der Waals surface area contributed by atoms with Crippen LogP contribution < -0.4 is 9.47 Å². The number of hydrogen-bond donors (Lipinski definition) is 0. The zero-order valence-corrected chi connectivity index (χ0v) is 14.2. The van der Waals surface area contributed by atoms with E-state index in [0.717, 1.165) is 24.3 Å². The monoisotopic (exact) mass is 322 g/mol. The molecule has 0 amide bonds. The Labute approximate surface area is 145 Å². The lowest BCUT2D eigenvalue weighted by Crippen LogP contribution is -1.89. The third kappa shape index (κ3) is 6.33. The van der Waals surface area contributed by atoms with Crippen molar-refractivity contribution in [1.82, 2.24) is 0 Å². The highest BCUT2D eigenvalue weighted by atomic mass is 16.5. The van der Waals surface area contributed by atoms with Crippen molar-refractivity contribution in [2.75, 3.05) is 0 Å². The molecular formula is C22H26O2. The lowest BCUT2D eigenvalue weighted by molar-refractivity contribution is 0.483. The van der Waals surface area contributed by atoms with E-state index in [-0.39, 0.29) is 0 Å². The average molecular weight is 322 g/mol. The second kappa shape index (κ2) is 10.3. The standard InChI is InChI=1S/C22H26O2/c1-3-23-21-15-11-19(12-16-21)9-7-5-6-8-10-20-13-17-22(18-14-20)24-4-2/h3-4,11-18H,1-2,5-10H2. The van der Waals surface area contributed by atoms with Gasteiger partial charge in [0.25, 0.3) is 0 Å². The summed E-state index contributed by atoms with van der Waals surface area (Å²) in [6.07, 6.45) is 10.2. The van der Waals surface area contributed by atoms with Gasteiger partial charge < -0.3 is 9.47 Å². The molecule has 0 N–H and O–H groups in total. The SMILES string of the molecule is C=COc1ccc(CCCCCCc2ccc(OC=C)cc2)cc1. The molecule has 0 aliphatic rings. The molecule has 2 aromatic rings. The molecule has 0 saturated heterocycles. The zero-order valence-electron chi connectivity index (χ0n) is 14.2. The summed E-state index contributed by atoms with van der Waals surface area (Å²) in [7, 11) is 0. The Morgan fingerprint density at radius 2 is 0.958 bits per heavy atom. The molecule has 0 unspecified atom stereocenters. The number of ether oxygens (including phenoxy) is 2. The molecule has 0 spiro atoms. The molecule has 0 atom stereocenters. The molecule has 0 bridgehead atoms. The van der Waals surface area contributed by atoms with Crippen molar-refractivity contribution in [3.63, 3.8) is 0 Å². The predicted octanol–water partition coefficient (Wildman–Crippen LogP) is 6.08. The fourth-order valence-electron chi connectivity index (χ4n) is 2.67. The van der Waals surface area contributed by atoms with E-state index in [9.17, 15) is 0 Å². The first-order valence-corrected chi connectivity index (χ1v) is 8.55. The van der Waals surface area contributed by atoms with Crippen LogP contribution in [0, 0.1) is 0 Å². The van der Waals surface area contributed by atoms with E-state index in [0.29, 0.717) is 0 Å². The molecule has 0 aliphatic carbocycles. The molecule has 0 heterocycles. The van der Waals surface area contributed by atoms with Crippen molar-refractivity contribution in [2.45, 2.75) is 38.5 Å². The third-order valence-corrected chi connectivity index (χ3v) is 3.97. The number of rotatable bonds is 11. The smallest absolute Gasteiger partial charge is 0.126 e. The Hall–Kier alpha value is -2.48. The summed E-state index contributed by atoms with van der Waals surface area (Å²) in [4.78, 5) is 0. The lowest BCUT2D eigenvalue weighted by atomic mass is 10.0. The van der Waals surface area contributed by atoms with Crippen molar-refractivity contribution in [1.29, 1.82) is 0 Å². The zero-order chi connectivity index (χ0) is 17.0. The van der Waals surface area contributed by atoms with Crippen LogP contribution in [0.15, 0.2) is 74.2 Å². The van der Waals surface area contributed by atoms with Crippen LogP contribution in [0.3, 0.4) is 0 Å². The maximum atomic E-state index is 5.23. The maximum Gasteiger partial charge on any atom is 0.126 e. The predicted molar refractivity (Wildman–Crippen MR) is 100 cm³/mol. The van der Waals surface area contributed by atoms with Gasteiger partial charge >= 0.3 is 0 Å². The van der Waals surface area contributed by atoms with Crippen LogP contribution in [0.5, 0.6) is 11.5 Å². The van der Waals surface area contributed by atoms with Crippen LogP contribution in [0.1, 0.15) is 36.8 Å². The van der Waals surface area contributed by atoms with E-state index in [2.05, 4.69) is 37.4 Å². The highest BCUT2D eigenvalue weighted by Gasteiger charge is 1.98. The average Bonchev–Trinajstić information content (AvgIpc) is 2.61. The van der Waals surface area contributed by atoms with Gasteiger partial charge in [-0.3, -0.25) is 0 Å². The van der Waals surface area contributed by atoms with Gasteiger partial charge in [-0.2, -0.15) is 0 Å². The van der Waals surface area contributed by atoms with Gasteiger partial charge in [-0.05, 0) is 61.1 Å². The van der Waals surface area contributed by atoms with Crippen molar-refractivity contribution in [2.24, 2.45) is 0 Å². The molecule has 2 heteroatoms. The van der Waals surface area contributed by atoms with Crippen LogP contribution in [-0.4, -0.2) is 0 Å².